The fraction of sp³-hybridized carbons (Fsp3) is 0.259. The first kappa shape index (κ1) is 27.8. The zero-order valence-electron chi connectivity index (χ0n) is 20.7. The van der Waals surface area contributed by atoms with Gasteiger partial charge in [-0.25, -0.2) is 9.18 Å². The highest BCUT2D eigenvalue weighted by Gasteiger charge is 2.26. The van der Waals surface area contributed by atoms with Crippen LogP contribution in [0.15, 0.2) is 77.7 Å². The van der Waals surface area contributed by atoms with Crippen molar-refractivity contribution in [3.63, 3.8) is 0 Å². The zero-order chi connectivity index (χ0) is 27.0. The summed E-state index contributed by atoms with van der Waals surface area (Å²) in [6.07, 6.45) is -0.426. The molecule has 0 atom stereocenters. The van der Waals surface area contributed by atoms with Gasteiger partial charge in [-0.2, -0.15) is 8.42 Å². The van der Waals surface area contributed by atoms with E-state index in [1.54, 1.807) is 32.0 Å². The summed E-state index contributed by atoms with van der Waals surface area (Å²) in [5, 5.41) is 0. The number of ether oxygens (including phenoxy) is 2. The largest absolute Gasteiger partial charge is 0.459 e. The van der Waals surface area contributed by atoms with Gasteiger partial charge in [-0.05, 0) is 55.8 Å². The highest BCUT2D eigenvalue weighted by Crippen LogP contribution is 2.24. The summed E-state index contributed by atoms with van der Waals surface area (Å²) in [6, 6.07) is 17.4. The summed E-state index contributed by atoms with van der Waals surface area (Å²) >= 11 is 0. The van der Waals surface area contributed by atoms with E-state index in [2.05, 4.69) is 0 Å². The van der Waals surface area contributed by atoms with E-state index < -0.39 is 33.9 Å². The van der Waals surface area contributed by atoms with E-state index in [-0.39, 0.29) is 41.5 Å². The van der Waals surface area contributed by atoms with Gasteiger partial charge in [0.25, 0.3) is 5.91 Å². The minimum Gasteiger partial charge on any atom is -0.459 e. The minimum atomic E-state index is -4.35. The molecule has 0 spiro atoms. The maximum Gasteiger partial charge on any atom is 0.340 e. The first-order chi connectivity index (χ1) is 17.6. The summed E-state index contributed by atoms with van der Waals surface area (Å²) in [7, 11) is -2.85. The van der Waals surface area contributed by atoms with Crippen LogP contribution in [0.3, 0.4) is 0 Å². The monoisotopic (exact) mass is 529 g/mol. The Bertz CT molecular complexity index is 1340. The standard InChI is InChI=1S/C27H28FNO7S/c1-19(2)35-27(31)23-9-5-7-11-25(23)37(32,33)36-21-14-12-20(13-15-21)18-29(16-17-34-3)26(30)22-8-4-6-10-24(22)28/h4-15,19H,16-18H2,1-3H3. The summed E-state index contributed by atoms with van der Waals surface area (Å²) in [6.45, 7) is 3.92. The highest BCUT2D eigenvalue weighted by molar-refractivity contribution is 7.87. The average molecular weight is 530 g/mol. The number of carbonyl (C=O) groups is 2. The Morgan fingerprint density at radius 3 is 2.16 bits per heavy atom. The molecule has 0 saturated carbocycles. The van der Waals surface area contributed by atoms with Crippen molar-refractivity contribution in [3.05, 3.63) is 95.3 Å². The van der Waals surface area contributed by atoms with Gasteiger partial charge in [-0.15, -0.1) is 0 Å². The van der Waals surface area contributed by atoms with E-state index >= 15 is 0 Å². The Hall–Kier alpha value is -3.76. The van der Waals surface area contributed by atoms with Crippen LogP contribution in [-0.2, 0) is 26.1 Å². The molecule has 0 aromatic heterocycles. The molecule has 0 bridgehead atoms. The molecule has 10 heteroatoms. The number of hydrogen-bond donors (Lipinski definition) is 0. The van der Waals surface area contributed by atoms with Crippen LogP contribution in [0, 0.1) is 5.82 Å². The topological polar surface area (TPSA) is 99.2 Å². The number of benzene rings is 3. The van der Waals surface area contributed by atoms with E-state index in [1.807, 2.05) is 0 Å². The van der Waals surface area contributed by atoms with Crippen molar-refractivity contribution in [2.75, 3.05) is 20.3 Å². The van der Waals surface area contributed by atoms with Crippen LogP contribution in [0.25, 0.3) is 0 Å². The fourth-order valence-corrected chi connectivity index (χ4v) is 4.55. The van der Waals surface area contributed by atoms with Crippen molar-refractivity contribution in [1.29, 1.82) is 0 Å². The molecule has 0 radical (unpaired) electrons. The second kappa shape index (κ2) is 12.5. The van der Waals surface area contributed by atoms with Gasteiger partial charge in [-0.1, -0.05) is 36.4 Å². The van der Waals surface area contributed by atoms with E-state index in [1.165, 1.54) is 66.6 Å². The van der Waals surface area contributed by atoms with E-state index in [0.29, 0.717) is 5.56 Å². The van der Waals surface area contributed by atoms with Gasteiger partial charge in [0.15, 0.2) is 0 Å². The molecule has 196 valence electrons. The van der Waals surface area contributed by atoms with Crippen LogP contribution in [0.4, 0.5) is 4.39 Å². The Labute approximate surface area is 215 Å². The molecule has 0 aliphatic carbocycles. The number of carbonyl (C=O) groups excluding carboxylic acids is 2. The summed E-state index contributed by atoms with van der Waals surface area (Å²) in [5.74, 6) is -1.88. The second-order valence-electron chi connectivity index (χ2n) is 8.33. The van der Waals surface area contributed by atoms with Crippen molar-refractivity contribution in [3.8, 4) is 5.75 Å². The average Bonchev–Trinajstić information content (AvgIpc) is 2.87. The highest BCUT2D eigenvalue weighted by atomic mass is 32.2. The number of methoxy groups -OCH3 is 1. The number of rotatable bonds is 11. The minimum absolute atomic E-state index is 0.0136. The van der Waals surface area contributed by atoms with Crippen molar-refractivity contribution in [1.82, 2.24) is 4.90 Å². The molecule has 0 unspecified atom stereocenters. The Morgan fingerprint density at radius 2 is 1.54 bits per heavy atom. The number of hydrogen-bond acceptors (Lipinski definition) is 7. The number of esters is 1. The molecule has 37 heavy (non-hydrogen) atoms. The summed E-state index contributed by atoms with van der Waals surface area (Å²) in [4.78, 5) is 26.4. The molecule has 0 fully saturated rings. The first-order valence-corrected chi connectivity index (χ1v) is 12.9. The van der Waals surface area contributed by atoms with Gasteiger partial charge >= 0.3 is 16.1 Å². The maximum atomic E-state index is 14.2. The fourth-order valence-electron chi connectivity index (χ4n) is 3.43. The third kappa shape index (κ3) is 7.37. The Morgan fingerprint density at radius 1 is 0.919 bits per heavy atom. The number of nitrogens with zero attached hydrogens (tertiary/aromatic N) is 1. The normalized spacial score (nSPS) is 11.3. The molecule has 3 aromatic carbocycles. The molecule has 0 aliphatic rings. The van der Waals surface area contributed by atoms with Crippen molar-refractivity contribution in [2.24, 2.45) is 0 Å². The summed E-state index contributed by atoms with van der Waals surface area (Å²) in [5.41, 5.74) is 0.471. The molecular weight excluding hydrogens is 501 g/mol. The molecule has 1 amide bonds. The number of halogens is 1. The Kier molecular flexibility index (Phi) is 9.37. The molecule has 3 aromatic rings. The molecule has 8 nitrogen and oxygen atoms in total. The van der Waals surface area contributed by atoms with Crippen molar-refractivity contribution < 1.29 is 36.1 Å². The second-order valence-corrected chi connectivity index (χ2v) is 9.85. The molecule has 0 aliphatic heterocycles. The maximum absolute atomic E-state index is 14.2. The van der Waals surface area contributed by atoms with Crippen molar-refractivity contribution in [2.45, 2.75) is 31.4 Å². The molecule has 0 heterocycles. The summed E-state index contributed by atoms with van der Waals surface area (Å²) < 4.78 is 55.5. The van der Waals surface area contributed by atoms with Crippen molar-refractivity contribution >= 4 is 22.0 Å². The predicted molar refractivity (Wildman–Crippen MR) is 134 cm³/mol. The smallest absolute Gasteiger partial charge is 0.340 e. The van der Waals surface area contributed by atoms with Crippen LogP contribution in [0.5, 0.6) is 5.75 Å². The number of amides is 1. The molecule has 0 saturated heterocycles. The zero-order valence-corrected chi connectivity index (χ0v) is 21.5. The quantitative estimate of drug-likeness (QED) is 0.267. The van der Waals surface area contributed by atoms with Crippen LogP contribution >= 0.6 is 0 Å². The van der Waals surface area contributed by atoms with Gasteiger partial charge in [0, 0.05) is 20.2 Å². The van der Waals surface area contributed by atoms with Crippen LogP contribution in [-0.4, -0.2) is 51.6 Å². The van der Waals surface area contributed by atoms with E-state index in [4.69, 9.17) is 13.7 Å². The lowest BCUT2D eigenvalue weighted by Gasteiger charge is -2.23. The molecular formula is C27H28FNO7S. The van der Waals surface area contributed by atoms with Gasteiger partial charge in [0.1, 0.15) is 16.5 Å². The van der Waals surface area contributed by atoms with Gasteiger partial charge in [0.2, 0.25) is 0 Å². The van der Waals surface area contributed by atoms with E-state index in [0.717, 1.165) is 0 Å². The third-order valence-electron chi connectivity index (χ3n) is 5.18. The van der Waals surface area contributed by atoms with Crippen LogP contribution < -0.4 is 4.18 Å². The van der Waals surface area contributed by atoms with Gasteiger partial charge in [-0.3, -0.25) is 4.79 Å². The van der Waals surface area contributed by atoms with Crippen LogP contribution in [0.1, 0.15) is 40.1 Å². The molecule has 3 rings (SSSR count). The SMILES string of the molecule is COCCN(Cc1ccc(OS(=O)(=O)c2ccccc2C(=O)OC(C)C)cc1)C(=O)c1ccccc1F. The Balaban J connectivity index is 1.78. The van der Waals surface area contributed by atoms with Crippen LogP contribution in [0.2, 0.25) is 0 Å². The lowest BCUT2D eigenvalue weighted by atomic mass is 10.1. The lowest BCUT2D eigenvalue weighted by molar-refractivity contribution is 0.0372. The molecule has 0 N–H and O–H groups in total. The van der Waals surface area contributed by atoms with Gasteiger partial charge in [0.05, 0.1) is 23.8 Å². The van der Waals surface area contributed by atoms with Gasteiger partial charge < -0.3 is 18.6 Å². The first-order valence-electron chi connectivity index (χ1n) is 11.5. The lowest BCUT2D eigenvalue weighted by Crippen LogP contribution is -2.34. The predicted octanol–water partition coefficient (Wildman–Crippen LogP) is 4.45. The van der Waals surface area contributed by atoms with E-state index in [9.17, 15) is 22.4 Å². The third-order valence-corrected chi connectivity index (χ3v) is 6.49.